The van der Waals surface area contributed by atoms with Crippen LogP contribution in [0.25, 0.3) is 0 Å². The molecular formula is C11H13FINO2. The van der Waals surface area contributed by atoms with Gasteiger partial charge >= 0.3 is 0 Å². The van der Waals surface area contributed by atoms with Crippen LogP contribution in [0.5, 0.6) is 0 Å². The summed E-state index contributed by atoms with van der Waals surface area (Å²) in [4.78, 5) is 10.8. The van der Waals surface area contributed by atoms with E-state index in [1.807, 2.05) is 29.5 Å². The first-order valence-corrected chi connectivity index (χ1v) is 5.86. The highest BCUT2D eigenvalue weighted by molar-refractivity contribution is 14.1. The van der Waals surface area contributed by atoms with Gasteiger partial charge in [0.1, 0.15) is 5.82 Å². The number of anilines is 1. The third kappa shape index (κ3) is 3.41. The Bertz CT molecular complexity index is 384. The minimum Gasteiger partial charge on any atom is -0.383 e. The second-order valence-electron chi connectivity index (χ2n) is 3.47. The summed E-state index contributed by atoms with van der Waals surface area (Å²) in [6.07, 6.45) is 0.646. The number of rotatable bonds is 5. The molecule has 0 saturated carbocycles. The lowest BCUT2D eigenvalue weighted by molar-refractivity contribution is 0.112. The number of nitrogens with one attached hydrogen (secondary N) is 1. The van der Waals surface area contributed by atoms with Gasteiger partial charge in [-0.05, 0) is 41.6 Å². The lowest BCUT2D eigenvalue weighted by Gasteiger charge is -2.16. The summed E-state index contributed by atoms with van der Waals surface area (Å²) in [6, 6.07) is 2.96. The van der Waals surface area contributed by atoms with Gasteiger partial charge in [-0.1, -0.05) is 0 Å². The lowest BCUT2D eigenvalue weighted by Crippen LogP contribution is -2.22. The van der Waals surface area contributed by atoms with Gasteiger partial charge in [-0.15, -0.1) is 0 Å². The summed E-state index contributed by atoms with van der Waals surface area (Å²) in [6.45, 7) is 2.30. The average molecular weight is 337 g/mol. The maximum atomic E-state index is 13.6. The van der Waals surface area contributed by atoms with Crippen LogP contribution in [0.15, 0.2) is 12.1 Å². The quantitative estimate of drug-likeness (QED) is 0.663. The molecule has 1 aromatic carbocycles. The summed E-state index contributed by atoms with van der Waals surface area (Å²) in [5.41, 5.74) is 0.562. The Morgan fingerprint density at radius 1 is 1.62 bits per heavy atom. The van der Waals surface area contributed by atoms with Crippen molar-refractivity contribution in [3.05, 3.63) is 27.1 Å². The predicted octanol–water partition coefficient (Wildman–Crippen LogP) is 2.69. The Balaban J connectivity index is 2.98. The SMILES string of the molecule is COC[C@H](C)Nc1c(F)cc(I)cc1C=O. The molecule has 0 aromatic heterocycles. The summed E-state index contributed by atoms with van der Waals surface area (Å²) >= 11 is 1.97. The van der Waals surface area contributed by atoms with Gasteiger partial charge in [0.05, 0.1) is 12.3 Å². The van der Waals surface area contributed by atoms with Gasteiger partial charge < -0.3 is 10.1 Å². The summed E-state index contributed by atoms with van der Waals surface area (Å²) < 4.78 is 19.3. The number of carbonyl (C=O) groups is 1. The van der Waals surface area contributed by atoms with Gasteiger partial charge in [0.2, 0.25) is 0 Å². The number of aldehydes is 1. The normalized spacial score (nSPS) is 12.2. The van der Waals surface area contributed by atoms with Crippen molar-refractivity contribution in [2.75, 3.05) is 19.0 Å². The molecule has 1 N–H and O–H groups in total. The second kappa shape index (κ2) is 6.15. The standard InChI is InChI=1S/C11H13FINO2/c1-7(6-16-2)14-11-8(5-15)3-9(13)4-10(11)12/h3-5,7,14H,6H2,1-2H3/t7-/m0/s1. The van der Waals surface area contributed by atoms with Crippen molar-refractivity contribution in [2.24, 2.45) is 0 Å². The number of benzene rings is 1. The number of ether oxygens (including phenoxy) is 1. The smallest absolute Gasteiger partial charge is 0.152 e. The number of methoxy groups -OCH3 is 1. The van der Waals surface area contributed by atoms with E-state index in [1.165, 1.54) is 6.07 Å². The van der Waals surface area contributed by atoms with Crippen LogP contribution in [0, 0.1) is 9.39 Å². The van der Waals surface area contributed by atoms with Crippen LogP contribution in [0.1, 0.15) is 17.3 Å². The van der Waals surface area contributed by atoms with E-state index in [2.05, 4.69) is 5.32 Å². The van der Waals surface area contributed by atoms with Crippen LogP contribution in [0.3, 0.4) is 0 Å². The molecule has 0 saturated heterocycles. The zero-order valence-electron chi connectivity index (χ0n) is 9.09. The molecule has 0 fully saturated rings. The third-order valence-corrected chi connectivity index (χ3v) is 2.64. The van der Waals surface area contributed by atoms with Gasteiger partial charge in [-0.3, -0.25) is 4.79 Å². The van der Waals surface area contributed by atoms with Crippen molar-refractivity contribution >= 4 is 34.6 Å². The van der Waals surface area contributed by atoms with Crippen LogP contribution in [0.2, 0.25) is 0 Å². The van der Waals surface area contributed by atoms with Crippen molar-refractivity contribution in [3.63, 3.8) is 0 Å². The summed E-state index contributed by atoms with van der Waals surface area (Å²) in [5, 5.41) is 2.92. The highest BCUT2D eigenvalue weighted by Crippen LogP contribution is 2.22. The maximum absolute atomic E-state index is 13.6. The Kier molecular flexibility index (Phi) is 5.14. The molecule has 0 heterocycles. The largest absolute Gasteiger partial charge is 0.383 e. The van der Waals surface area contributed by atoms with E-state index in [-0.39, 0.29) is 11.7 Å². The molecule has 3 nitrogen and oxygen atoms in total. The molecule has 0 aliphatic carbocycles. The van der Waals surface area contributed by atoms with E-state index in [0.717, 1.165) is 0 Å². The van der Waals surface area contributed by atoms with Gasteiger partial charge in [0.25, 0.3) is 0 Å². The molecule has 0 spiro atoms. The van der Waals surface area contributed by atoms with Gasteiger partial charge in [-0.25, -0.2) is 4.39 Å². The number of hydrogen-bond donors (Lipinski definition) is 1. The van der Waals surface area contributed by atoms with Crippen LogP contribution >= 0.6 is 22.6 Å². The van der Waals surface area contributed by atoms with Gasteiger partial charge in [0, 0.05) is 22.3 Å². The van der Waals surface area contributed by atoms with Crippen molar-refractivity contribution in [2.45, 2.75) is 13.0 Å². The molecule has 1 aromatic rings. The third-order valence-electron chi connectivity index (χ3n) is 2.02. The summed E-state index contributed by atoms with van der Waals surface area (Å²) in [5.74, 6) is -0.419. The fraction of sp³-hybridized carbons (Fsp3) is 0.364. The van der Waals surface area contributed by atoms with Crippen molar-refractivity contribution in [3.8, 4) is 0 Å². The monoisotopic (exact) mass is 337 g/mol. The van der Waals surface area contributed by atoms with Crippen LogP contribution in [0.4, 0.5) is 10.1 Å². The molecule has 0 unspecified atom stereocenters. The second-order valence-corrected chi connectivity index (χ2v) is 4.72. The van der Waals surface area contributed by atoms with Crippen LogP contribution < -0.4 is 5.32 Å². The molecule has 16 heavy (non-hydrogen) atoms. The average Bonchev–Trinajstić information content (AvgIpc) is 2.22. The van der Waals surface area contributed by atoms with E-state index in [1.54, 1.807) is 13.2 Å². The van der Waals surface area contributed by atoms with E-state index < -0.39 is 5.82 Å². The van der Waals surface area contributed by atoms with Gasteiger partial charge in [0.15, 0.2) is 6.29 Å². The molecule has 0 radical (unpaired) electrons. The van der Waals surface area contributed by atoms with Crippen molar-refractivity contribution in [1.29, 1.82) is 0 Å². The van der Waals surface area contributed by atoms with Crippen molar-refractivity contribution in [1.82, 2.24) is 0 Å². The maximum Gasteiger partial charge on any atom is 0.152 e. The Hall–Kier alpha value is -0.690. The number of hydrogen-bond acceptors (Lipinski definition) is 3. The Labute approximate surface area is 108 Å². The Morgan fingerprint density at radius 3 is 2.88 bits per heavy atom. The fourth-order valence-corrected chi connectivity index (χ4v) is 1.99. The van der Waals surface area contributed by atoms with E-state index in [0.29, 0.717) is 22.0 Å². The topological polar surface area (TPSA) is 38.3 Å². The Morgan fingerprint density at radius 2 is 2.31 bits per heavy atom. The first kappa shape index (κ1) is 13.4. The molecule has 0 aliphatic heterocycles. The number of halogens is 2. The first-order chi connectivity index (χ1) is 7.58. The van der Waals surface area contributed by atoms with E-state index in [9.17, 15) is 9.18 Å². The highest BCUT2D eigenvalue weighted by Gasteiger charge is 2.12. The molecule has 1 rings (SSSR count). The number of carbonyl (C=O) groups excluding carboxylic acids is 1. The molecule has 1 atom stereocenters. The minimum atomic E-state index is -0.419. The zero-order valence-corrected chi connectivity index (χ0v) is 11.2. The molecule has 0 bridgehead atoms. The van der Waals surface area contributed by atoms with Crippen molar-refractivity contribution < 1.29 is 13.9 Å². The molecule has 88 valence electrons. The lowest BCUT2D eigenvalue weighted by atomic mass is 10.1. The zero-order chi connectivity index (χ0) is 12.1. The summed E-state index contributed by atoms with van der Waals surface area (Å²) in [7, 11) is 1.57. The molecule has 5 heteroatoms. The first-order valence-electron chi connectivity index (χ1n) is 4.78. The van der Waals surface area contributed by atoms with E-state index in [4.69, 9.17) is 4.74 Å². The van der Waals surface area contributed by atoms with Gasteiger partial charge in [-0.2, -0.15) is 0 Å². The molecule has 0 amide bonds. The van der Waals surface area contributed by atoms with Crippen LogP contribution in [-0.2, 0) is 4.74 Å². The van der Waals surface area contributed by atoms with E-state index >= 15 is 0 Å². The molecule has 0 aliphatic rings. The highest BCUT2D eigenvalue weighted by atomic mass is 127. The fourth-order valence-electron chi connectivity index (χ4n) is 1.38. The minimum absolute atomic E-state index is 0.0572. The van der Waals surface area contributed by atoms with Crippen LogP contribution in [-0.4, -0.2) is 26.0 Å². The molecular weight excluding hydrogens is 324 g/mol. The predicted molar refractivity (Wildman–Crippen MR) is 69.5 cm³/mol.